The Hall–Kier alpha value is -3.35. The molecule has 1 atom stereocenters. The van der Waals surface area contributed by atoms with Crippen molar-refractivity contribution in [3.05, 3.63) is 64.2 Å². The number of aromatic nitrogens is 2. The molecule has 7 heteroatoms. The van der Waals surface area contributed by atoms with Crippen LogP contribution in [-0.2, 0) is 11.3 Å². The highest BCUT2D eigenvalue weighted by Gasteiger charge is 2.18. The fourth-order valence-electron chi connectivity index (χ4n) is 4.02. The summed E-state index contributed by atoms with van der Waals surface area (Å²) in [6, 6.07) is 11.7. The summed E-state index contributed by atoms with van der Waals surface area (Å²) in [4.78, 5) is 30.0. The molecule has 0 saturated carbocycles. The Morgan fingerprint density at radius 3 is 2.21 bits per heavy atom. The van der Waals surface area contributed by atoms with Crippen molar-refractivity contribution in [3.63, 3.8) is 0 Å². The highest BCUT2D eigenvalue weighted by Crippen LogP contribution is 2.30. The number of carbonyl (C=O) groups is 1. The lowest BCUT2D eigenvalue weighted by molar-refractivity contribution is -0.122. The SMILES string of the molecule is COc1cc2ncn(CCCC(=O)NC(c3ccc(C(C)C)cc3)C(C)C)c(=O)c2cc1OC. The zero-order chi connectivity index (χ0) is 24.8. The molecule has 0 radical (unpaired) electrons. The number of ether oxygens (including phenoxy) is 2. The first-order valence-corrected chi connectivity index (χ1v) is 11.8. The number of hydrogen-bond acceptors (Lipinski definition) is 5. The Morgan fingerprint density at radius 1 is 1.00 bits per heavy atom. The Morgan fingerprint density at radius 2 is 1.62 bits per heavy atom. The number of fused-ring (bicyclic) bond motifs is 1. The van der Waals surface area contributed by atoms with E-state index in [-0.39, 0.29) is 23.4 Å². The maximum absolute atomic E-state index is 12.9. The summed E-state index contributed by atoms with van der Waals surface area (Å²) < 4.78 is 12.1. The lowest BCUT2D eigenvalue weighted by Crippen LogP contribution is -2.32. The zero-order valence-electron chi connectivity index (χ0n) is 20.9. The van der Waals surface area contributed by atoms with Crippen LogP contribution in [0, 0.1) is 5.92 Å². The minimum Gasteiger partial charge on any atom is -0.493 e. The fourth-order valence-corrected chi connectivity index (χ4v) is 4.02. The molecule has 182 valence electrons. The predicted octanol–water partition coefficient (Wildman–Crippen LogP) is 4.83. The fraction of sp³-hybridized carbons (Fsp3) is 0.444. The molecule has 3 rings (SSSR count). The largest absolute Gasteiger partial charge is 0.493 e. The molecule has 1 heterocycles. The van der Waals surface area contributed by atoms with E-state index in [0.29, 0.717) is 47.7 Å². The standard InChI is InChI=1S/C27H35N3O4/c1-17(2)19-9-11-20(12-10-19)26(18(3)4)29-25(31)8-7-13-30-16-28-22-15-24(34-6)23(33-5)14-21(22)27(30)32/h9-12,14-18,26H,7-8,13H2,1-6H3,(H,29,31). The second-order valence-electron chi connectivity index (χ2n) is 9.18. The van der Waals surface area contributed by atoms with Gasteiger partial charge in [0.15, 0.2) is 11.5 Å². The molecule has 1 unspecified atom stereocenters. The Kier molecular flexibility index (Phi) is 8.31. The van der Waals surface area contributed by atoms with E-state index in [4.69, 9.17) is 9.47 Å². The summed E-state index contributed by atoms with van der Waals surface area (Å²) in [5.41, 5.74) is 2.76. The van der Waals surface area contributed by atoms with Crippen molar-refractivity contribution in [3.8, 4) is 11.5 Å². The molecule has 1 N–H and O–H groups in total. The van der Waals surface area contributed by atoms with Gasteiger partial charge in [0.05, 0.1) is 37.5 Å². The van der Waals surface area contributed by atoms with Crippen molar-refractivity contribution in [2.45, 2.75) is 59.0 Å². The van der Waals surface area contributed by atoms with Crippen molar-refractivity contribution in [1.29, 1.82) is 0 Å². The van der Waals surface area contributed by atoms with Crippen LogP contribution in [0.25, 0.3) is 10.9 Å². The maximum Gasteiger partial charge on any atom is 0.261 e. The van der Waals surface area contributed by atoms with Gasteiger partial charge in [-0.2, -0.15) is 0 Å². The summed E-state index contributed by atoms with van der Waals surface area (Å²) in [5.74, 6) is 1.70. The third-order valence-electron chi connectivity index (χ3n) is 6.08. The second kappa shape index (κ2) is 11.2. The molecule has 0 aliphatic rings. The van der Waals surface area contributed by atoms with Gasteiger partial charge in [0, 0.05) is 19.0 Å². The average molecular weight is 466 g/mol. The van der Waals surface area contributed by atoms with Crippen molar-refractivity contribution < 1.29 is 14.3 Å². The number of nitrogens with one attached hydrogen (secondary N) is 1. The minimum atomic E-state index is -0.170. The molecule has 0 saturated heterocycles. The van der Waals surface area contributed by atoms with Gasteiger partial charge in [-0.1, -0.05) is 52.0 Å². The van der Waals surface area contributed by atoms with E-state index in [9.17, 15) is 9.59 Å². The number of hydrogen-bond donors (Lipinski definition) is 1. The summed E-state index contributed by atoms with van der Waals surface area (Å²) in [5, 5.41) is 3.62. The molecule has 0 bridgehead atoms. The monoisotopic (exact) mass is 465 g/mol. The lowest BCUT2D eigenvalue weighted by atomic mass is 9.93. The summed E-state index contributed by atoms with van der Waals surface area (Å²) in [6.07, 6.45) is 2.37. The number of rotatable bonds is 10. The molecular formula is C27H35N3O4. The van der Waals surface area contributed by atoms with E-state index in [2.05, 4.69) is 62.3 Å². The van der Waals surface area contributed by atoms with Crippen molar-refractivity contribution >= 4 is 16.8 Å². The van der Waals surface area contributed by atoms with Crippen LogP contribution in [0.2, 0.25) is 0 Å². The van der Waals surface area contributed by atoms with E-state index < -0.39 is 0 Å². The van der Waals surface area contributed by atoms with Crippen LogP contribution in [-0.4, -0.2) is 29.7 Å². The number of benzene rings is 2. The first kappa shape index (κ1) is 25.3. The van der Waals surface area contributed by atoms with Gasteiger partial charge < -0.3 is 14.8 Å². The molecule has 0 aliphatic heterocycles. The van der Waals surface area contributed by atoms with Gasteiger partial charge in [0.2, 0.25) is 5.91 Å². The van der Waals surface area contributed by atoms with Gasteiger partial charge in [-0.05, 0) is 35.4 Å². The smallest absolute Gasteiger partial charge is 0.261 e. The summed E-state index contributed by atoms with van der Waals surface area (Å²) in [6.45, 7) is 8.94. The molecular weight excluding hydrogens is 430 g/mol. The van der Waals surface area contributed by atoms with Gasteiger partial charge in [-0.15, -0.1) is 0 Å². The first-order chi connectivity index (χ1) is 16.2. The molecule has 1 aromatic heterocycles. The van der Waals surface area contributed by atoms with Gasteiger partial charge in [-0.3, -0.25) is 14.2 Å². The van der Waals surface area contributed by atoms with Crippen LogP contribution in [0.5, 0.6) is 11.5 Å². The van der Waals surface area contributed by atoms with Crippen molar-refractivity contribution in [1.82, 2.24) is 14.9 Å². The third kappa shape index (κ3) is 5.76. The highest BCUT2D eigenvalue weighted by atomic mass is 16.5. The Labute approximate surface area is 201 Å². The summed E-state index contributed by atoms with van der Waals surface area (Å²) in [7, 11) is 3.07. The number of methoxy groups -OCH3 is 2. The number of nitrogens with zero attached hydrogens (tertiary/aromatic N) is 2. The van der Waals surface area contributed by atoms with E-state index in [1.165, 1.54) is 23.6 Å². The van der Waals surface area contributed by atoms with Crippen LogP contribution in [0.15, 0.2) is 47.5 Å². The number of carbonyl (C=O) groups excluding carboxylic acids is 1. The van der Waals surface area contributed by atoms with Crippen molar-refractivity contribution in [2.75, 3.05) is 14.2 Å². The van der Waals surface area contributed by atoms with E-state index >= 15 is 0 Å². The molecule has 2 aromatic carbocycles. The highest BCUT2D eigenvalue weighted by molar-refractivity contribution is 5.81. The summed E-state index contributed by atoms with van der Waals surface area (Å²) >= 11 is 0. The first-order valence-electron chi connectivity index (χ1n) is 11.8. The van der Waals surface area contributed by atoms with E-state index in [0.717, 1.165) is 5.56 Å². The Bertz CT molecular complexity index is 1180. The average Bonchev–Trinajstić information content (AvgIpc) is 2.83. The van der Waals surface area contributed by atoms with Crippen LogP contribution in [0.4, 0.5) is 0 Å². The quantitative estimate of drug-likeness (QED) is 0.464. The van der Waals surface area contributed by atoms with Crippen LogP contribution < -0.4 is 20.3 Å². The third-order valence-corrected chi connectivity index (χ3v) is 6.08. The molecule has 3 aromatic rings. The maximum atomic E-state index is 12.9. The normalized spacial score (nSPS) is 12.2. The molecule has 7 nitrogen and oxygen atoms in total. The van der Waals surface area contributed by atoms with Gasteiger partial charge in [-0.25, -0.2) is 4.98 Å². The molecule has 0 aliphatic carbocycles. The predicted molar refractivity (Wildman–Crippen MR) is 135 cm³/mol. The van der Waals surface area contributed by atoms with Crippen molar-refractivity contribution in [2.24, 2.45) is 5.92 Å². The van der Waals surface area contributed by atoms with Gasteiger partial charge in [0.1, 0.15) is 0 Å². The molecule has 0 spiro atoms. The second-order valence-corrected chi connectivity index (χ2v) is 9.18. The van der Waals surface area contributed by atoms with Crippen LogP contribution >= 0.6 is 0 Å². The molecule has 0 fully saturated rings. The van der Waals surface area contributed by atoms with Crippen LogP contribution in [0.3, 0.4) is 0 Å². The molecule has 1 amide bonds. The van der Waals surface area contributed by atoms with E-state index in [1.807, 2.05) is 0 Å². The van der Waals surface area contributed by atoms with E-state index in [1.54, 1.807) is 19.2 Å². The van der Waals surface area contributed by atoms with Gasteiger partial charge in [0.25, 0.3) is 5.56 Å². The number of amides is 1. The minimum absolute atomic E-state index is 0.0279. The lowest BCUT2D eigenvalue weighted by Gasteiger charge is -2.23. The zero-order valence-corrected chi connectivity index (χ0v) is 20.9. The molecule has 34 heavy (non-hydrogen) atoms. The Balaban J connectivity index is 1.65. The van der Waals surface area contributed by atoms with Crippen LogP contribution in [0.1, 0.15) is 63.6 Å². The number of aryl methyl sites for hydroxylation is 1. The van der Waals surface area contributed by atoms with Gasteiger partial charge >= 0.3 is 0 Å². The topological polar surface area (TPSA) is 82.5 Å².